The molecule has 5 nitrogen and oxygen atoms in total. The second-order valence-electron chi connectivity index (χ2n) is 6.31. The molecule has 1 aliphatic rings. The number of nitrogens with zero attached hydrogens (tertiary/aromatic N) is 2. The first-order valence-corrected chi connectivity index (χ1v) is 9.63. The van der Waals surface area contributed by atoms with E-state index < -0.39 is 0 Å². The van der Waals surface area contributed by atoms with Crippen LogP contribution in [0.25, 0.3) is 0 Å². The van der Waals surface area contributed by atoms with Gasteiger partial charge in [0.25, 0.3) is 5.91 Å². The number of piperazine rings is 1. The number of methoxy groups -OCH3 is 2. The minimum absolute atomic E-state index is 0.0410. The number of halogens is 1. The van der Waals surface area contributed by atoms with E-state index in [-0.39, 0.29) is 5.91 Å². The highest BCUT2D eigenvalue weighted by Gasteiger charge is 2.25. The molecule has 0 saturated carbocycles. The fourth-order valence-electron chi connectivity index (χ4n) is 3.18. The zero-order chi connectivity index (χ0) is 18.7. The van der Waals surface area contributed by atoms with Crippen molar-refractivity contribution in [3.05, 3.63) is 51.1 Å². The van der Waals surface area contributed by atoms with Gasteiger partial charge in [0, 0.05) is 35.4 Å². The second kappa shape index (κ2) is 8.16. The first-order valence-electron chi connectivity index (χ1n) is 8.56. The number of amides is 1. The zero-order valence-electron chi connectivity index (χ0n) is 15.3. The molecule has 0 unspecified atom stereocenters. The number of aryl methyl sites for hydroxylation is 1. The summed E-state index contributed by atoms with van der Waals surface area (Å²) in [5.41, 5.74) is 3.13. The van der Waals surface area contributed by atoms with Crippen LogP contribution in [-0.4, -0.2) is 51.2 Å². The van der Waals surface area contributed by atoms with Gasteiger partial charge in [0.2, 0.25) is 0 Å². The normalized spacial score (nSPS) is 14.3. The van der Waals surface area contributed by atoms with Gasteiger partial charge < -0.3 is 19.3 Å². The maximum absolute atomic E-state index is 13.0. The predicted molar refractivity (Wildman–Crippen MR) is 112 cm³/mol. The van der Waals surface area contributed by atoms with Crippen LogP contribution in [0.15, 0.2) is 36.4 Å². The molecule has 0 aliphatic carbocycles. The number of carbonyl (C=O) groups excluding carboxylic acids is 1. The monoisotopic (exact) mass is 466 g/mol. The van der Waals surface area contributed by atoms with Crippen LogP contribution in [0.5, 0.6) is 11.5 Å². The third kappa shape index (κ3) is 3.90. The molecule has 0 atom stereocenters. The van der Waals surface area contributed by atoms with Gasteiger partial charge in [0.1, 0.15) is 0 Å². The van der Waals surface area contributed by atoms with Crippen molar-refractivity contribution in [2.45, 2.75) is 6.92 Å². The average molecular weight is 466 g/mol. The Balaban J connectivity index is 1.72. The second-order valence-corrected chi connectivity index (χ2v) is 7.47. The smallest absolute Gasteiger partial charge is 0.255 e. The summed E-state index contributed by atoms with van der Waals surface area (Å²) in [5.74, 6) is 1.26. The van der Waals surface area contributed by atoms with Crippen LogP contribution >= 0.6 is 22.6 Å². The summed E-state index contributed by atoms with van der Waals surface area (Å²) < 4.78 is 11.5. The van der Waals surface area contributed by atoms with E-state index in [9.17, 15) is 4.79 Å². The van der Waals surface area contributed by atoms with E-state index in [4.69, 9.17) is 9.47 Å². The van der Waals surface area contributed by atoms with Gasteiger partial charge in [0.05, 0.1) is 19.8 Å². The van der Waals surface area contributed by atoms with Gasteiger partial charge in [-0.1, -0.05) is 12.1 Å². The van der Waals surface area contributed by atoms with Crippen LogP contribution in [0, 0.1) is 10.5 Å². The maximum atomic E-state index is 13.0. The minimum Gasteiger partial charge on any atom is -0.493 e. The van der Waals surface area contributed by atoms with E-state index in [0.717, 1.165) is 16.7 Å². The van der Waals surface area contributed by atoms with Crippen LogP contribution in [0.1, 0.15) is 15.9 Å². The van der Waals surface area contributed by atoms with Gasteiger partial charge in [-0.25, -0.2) is 0 Å². The van der Waals surface area contributed by atoms with E-state index in [0.29, 0.717) is 30.2 Å². The largest absolute Gasteiger partial charge is 0.493 e. The van der Waals surface area contributed by atoms with E-state index >= 15 is 0 Å². The third-order valence-electron chi connectivity index (χ3n) is 4.64. The molecule has 0 N–H and O–H groups in total. The molecule has 1 aliphatic heterocycles. The molecular weight excluding hydrogens is 443 g/mol. The van der Waals surface area contributed by atoms with Crippen LogP contribution in [0.2, 0.25) is 0 Å². The topological polar surface area (TPSA) is 42.0 Å². The lowest BCUT2D eigenvalue weighted by atomic mass is 10.1. The summed E-state index contributed by atoms with van der Waals surface area (Å²) in [5, 5.41) is 0. The van der Waals surface area contributed by atoms with E-state index in [1.54, 1.807) is 20.3 Å². The van der Waals surface area contributed by atoms with Crippen molar-refractivity contribution >= 4 is 34.2 Å². The van der Waals surface area contributed by atoms with E-state index in [2.05, 4.69) is 58.7 Å². The summed E-state index contributed by atoms with van der Waals surface area (Å²) in [6, 6.07) is 12.1. The standard InChI is InChI=1S/C20H23IN2O3/c1-14-5-4-6-15(11-14)22-7-9-23(10-8-22)20(24)16-12-18(25-2)19(26-3)13-17(16)21/h4-6,11-13H,7-10H2,1-3H3. The molecule has 0 aromatic heterocycles. The molecule has 2 aromatic carbocycles. The maximum Gasteiger partial charge on any atom is 0.255 e. The van der Waals surface area contributed by atoms with E-state index in [1.807, 2.05) is 11.0 Å². The summed E-state index contributed by atoms with van der Waals surface area (Å²) in [6.07, 6.45) is 0. The van der Waals surface area contributed by atoms with Crippen molar-refractivity contribution in [3.63, 3.8) is 0 Å². The lowest BCUT2D eigenvalue weighted by Crippen LogP contribution is -2.49. The highest BCUT2D eigenvalue weighted by molar-refractivity contribution is 14.1. The quantitative estimate of drug-likeness (QED) is 0.647. The van der Waals surface area contributed by atoms with Crippen molar-refractivity contribution in [1.29, 1.82) is 0 Å². The Morgan fingerprint density at radius 1 is 1.00 bits per heavy atom. The molecular formula is C20H23IN2O3. The number of anilines is 1. The fourth-order valence-corrected chi connectivity index (χ4v) is 3.85. The summed E-state index contributed by atoms with van der Waals surface area (Å²) in [4.78, 5) is 17.2. The van der Waals surface area contributed by atoms with E-state index in [1.165, 1.54) is 11.3 Å². The van der Waals surface area contributed by atoms with Crippen LogP contribution in [0.3, 0.4) is 0 Å². The van der Waals surface area contributed by atoms with Gasteiger partial charge in [-0.3, -0.25) is 4.79 Å². The van der Waals surface area contributed by atoms with Gasteiger partial charge in [-0.05, 0) is 59.3 Å². The Labute approximate surface area is 168 Å². The molecule has 2 aromatic rings. The Bertz CT molecular complexity index is 802. The van der Waals surface area contributed by atoms with Crippen LogP contribution in [0.4, 0.5) is 5.69 Å². The highest BCUT2D eigenvalue weighted by atomic mass is 127. The molecule has 138 valence electrons. The first kappa shape index (κ1) is 18.8. The Kier molecular flexibility index (Phi) is 5.90. The summed E-state index contributed by atoms with van der Waals surface area (Å²) >= 11 is 2.18. The van der Waals surface area contributed by atoms with Gasteiger partial charge in [-0.15, -0.1) is 0 Å². The zero-order valence-corrected chi connectivity index (χ0v) is 17.4. The number of rotatable bonds is 4. The molecule has 1 fully saturated rings. The molecule has 3 rings (SSSR count). The summed E-state index contributed by atoms with van der Waals surface area (Å²) in [7, 11) is 3.18. The first-order chi connectivity index (χ1) is 12.5. The molecule has 1 heterocycles. The van der Waals surface area contributed by atoms with Crippen molar-refractivity contribution in [1.82, 2.24) is 4.90 Å². The molecule has 0 radical (unpaired) electrons. The van der Waals surface area contributed by atoms with Gasteiger partial charge >= 0.3 is 0 Å². The molecule has 1 amide bonds. The number of hydrogen-bond donors (Lipinski definition) is 0. The highest BCUT2D eigenvalue weighted by Crippen LogP contribution is 2.32. The van der Waals surface area contributed by atoms with Crippen molar-refractivity contribution in [2.75, 3.05) is 45.3 Å². The lowest BCUT2D eigenvalue weighted by molar-refractivity contribution is 0.0745. The molecule has 26 heavy (non-hydrogen) atoms. The van der Waals surface area contributed by atoms with Crippen molar-refractivity contribution in [2.24, 2.45) is 0 Å². The molecule has 0 bridgehead atoms. The minimum atomic E-state index is 0.0410. The van der Waals surface area contributed by atoms with Gasteiger partial charge in [-0.2, -0.15) is 0 Å². The van der Waals surface area contributed by atoms with Crippen LogP contribution in [-0.2, 0) is 0 Å². The number of hydrogen-bond acceptors (Lipinski definition) is 4. The molecule has 6 heteroatoms. The Hall–Kier alpha value is -1.96. The molecule has 0 spiro atoms. The average Bonchev–Trinajstić information content (AvgIpc) is 2.67. The third-order valence-corrected chi connectivity index (χ3v) is 5.53. The SMILES string of the molecule is COc1cc(I)c(C(=O)N2CCN(c3cccc(C)c3)CC2)cc1OC. The van der Waals surface area contributed by atoms with Crippen LogP contribution < -0.4 is 14.4 Å². The number of ether oxygens (including phenoxy) is 2. The van der Waals surface area contributed by atoms with Crippen molar-refractivity contribution < 1.29 is 14.3 Å². The van der Waals surface area contributed by atoms with Gasteiger partial charge in [0.15, 0.2) is 11.5 Å². The lowest BCUT2D eigenvalue weighted by Gasteiger charge is -2.36. The van der Waals surface area contributed by atoms with Crippen molar-refractivity contribution in [3.8, 4) is 11.5 Å². The predicted octanol–water partition coefficient (Wildman–Crippen LogP) is 3.58. The Morgan fingerprint density at radius 3 is 2.27 bits per heavy atom. The number of carbonyl (C=O) groups is 1. The molecule has 1 saturated heterocycles. The fraction of sp³-hybridized carbons (Fsp3) is 0.350. The summed E-state index contributed by atoms with van der Waals surface area (Å²) in [6.45, 7) is 5.18. The Morgan fingerprint density at radius 2 is 1.65 bits per heavy atom. The number of benzene rings is 2.